The van der Waals surface area contributed by atoms with Crippen molar-refractivity contribution in [2.45, 2.75) is 40.0 Å². The molecule has 1 N–H and O–H groups in total. The van der Waals surface area contributed by atoms with Gasteiger partial charge in [-0.05, 0) is 30.7 Å². The monoisotopic (exact) mass is 292 g/mol. The quantitative estimate of drug-likeness (QED) is 0.665. The van der Waals surface area contributed by atoms with Gasteiger partial charge in [-0.2, -0.15) is 0 Å². The van der Waals surface area contributed by atoms with Crippen molar-refractivity contribution >= 4 is 17.3 Å². The van der Waals surface area contributed by atoms with E-state index in [0.717, 1.165) is 38.9 Å². The predicted octanol–water partition coefficient (Wildman–Crippen LogP) is 3.44. The maximum Gasteiger partial charge on any atom is 0.311 e. The SMILES string of the molecule is CCCNc1ccc([N+](=O)[O-])c(N2CCCC(C)(C)C2)n1. The van der Waals surface area contributed by atoms with Crippen LogP contribution in [0, 0.1) is 15.5 Å². The lowest BCUT2D eigenvalue weighted by Gasteiger charge is -2.38. The molecule has 0 aromatic carbocycles. The highest BCUT2D eigenvalue weighted by Gasteiger charge is 2.31. The lowest BCUT2D eigenvalue weighted by molar-refractivity contribution is -0.384. The molecule has 0 unspecified atom stereocenters. The Morgan fingerprint density at radius 2 is 2.24 bits per heavy atom. The Morgan fingerprint density at radius 1 is 1.48 bits per heavy atom. The van der Waals surface area contributed by atoms with E-state index in [9.17, 15) is 10.1 Å². The highest BCUT2D eigenvalue weighted by molar-refractivity contribution is 5.62. The zero-order valence-electron chi connectivity index (χ0n) is 13.1. The van der Waals surface area contributed by atoms with Crippen molar-refractivity contribution in [1.29, 1.82) is 0 Å². The van der Waals surface area contributed by atoms with Gasteiger partial charge in [0.05, 0.1) is 4.92 Å². The van der Waals surface area contributed by atoms with Crippen LogP contribution in [0.15, 0.2) is 12.1 Å². The molecule has 1 aromatic rings. The van der Waals surface area contributed by atoms with E-state index in [-0.39, 0.29) is 16.0 Å². The van der Waals surface area contributed by atoms with Gasteiger partial charge in [0.15, 0.2) is 0 Å². The fourth-order valence-corrected chi connectivity index (χ4v) is 2.77. The summed E-state index contributed by atoms with van der Waals surface area (Å²) in [6.07, 6.45) is 3.17. The van der Waals surface area contributed by atoms with Gasteiger partial charge in [0.25, 0.3) is 0 Å². The van der Waals surface area contributed by atoms with Crippen molar-refractivity contribution in [3.05, 3.63) is 22.2 Å². The molecular weight excluding hydrogens is 268 g/mol. The molecule has 1 aliphatic heterocycles. The Kier molecular flexibility index (Phi) is 4.65. The molecule has 0 saturated carbocycles. The van der Waals surface area contributed by atoms with Gasteiger partial charge >= 0.3 is 5.69 Å². The van der Waals surface area contributed by atoms with Gasteiger partial charge < -0.3 is 10.2 Å². The van der Waals surface area contributed by atoms with Gasteiger partial charge in [-0.3, -0.25) is 10.1 Å². The van der Waals surface area contributed by atoms with Gasteiger partial charge in [0.2, 0.25) is 5.82 Å². The number of rotatable bonds is 5. The van der Waals surface area contributed by atoms with Crippen LogP contribution in [0.5, 0.6) is 0 Å². The smallest absolute Gasteiger partial charge is 0.311 e. The van der Waals surface area contributed by atoms with E-state index in [4.69, 9.17) is 0 Å². The maximum atomic E-state index is 11.3. The Balaban J connectivity index is 2.31. The third-order valence-corrected chi connectivity index (χ3v) is 3.81. The number of nitrogens with one attached hydrogen (secondary N) is 1. The van der Waals surface area contributed by atoms with Crippen molar-refractivity contribution in [1.82, 2.24) is 4.98 Å². The van der Waals surface area contributed by atoms with Crippen LogP contribution in [0.3, 0.4) is 0 Å². The van der Waals surface area contributed by atoms with E-state index in [1.54, 1.807) is 12.1 Å². The highest BCUT2D eigenvalue weighted by atomic mass is 16.6. The summed E-state index contributed by atoms with van der Waals surface area (Å²) in [7, 11) is 0. The molecule has 2 rings (SSSR count). The van der Waals surface area contributed by atoms with Gasteiger partial charge in [-0.25, -0.2) is 4.98 Å². The molecule has 2 heterocycles. The minimum atomic E-state index is -0.340. The molecule has 21 heavy (non-hydrogen) atoms. The molecule has 1 aromatic heterocycles. The van der Waals surface area contributed by atoms with Crippen LogP contribution < -0.4 is 10.2 Å². The zero-order valence-corrected chi connectivity index (χ0v) is 13.1. The molecule has 0 bridgehead atoms. The topological polar surface area (TPSA) is 71.3 Å². The summed E-state index contributed by atoms with van der Waals surface area (Å²) in [5.41, 5.74) is 0.260. The first-order chi connectivity index (χ1) is 9.93. The lowest BCUT2D eigenvalue weighted by atomic mass is 9.84. The summed E-state index contributed by atoms with van der Waals surface area (Å²) >= 11 is 0. The van der Waals surface area contributed by atoms with Crippen LogP contribution in [-0.4, -0.2) is 29.5 Å². The number of hydrogen-bond acceptors (Lipinski definition) is 5. The standard InChI is InChI=1S/C15H24N4O2/c1-4-9-16-13-7-6-12(19(20)21)14(17-13)18-10-5-8-15(2,3)11-18/h6-7H,4-5,8-11H2,1-3H3,(H,16,17). The van der Waals surface area contributed by atoms with E-state index >= 15 is 0 Å². The molecular formula is C15H24N4O2. The summed E-state index contributed by atoms with van der Waals surface area (Å²) in [5.74, 6) is 1.20. The van der Waals surface area contributed by atoms with Crippen LogP contribution in [0.25, 0.3) is 0 Å². The Bertz CT molecular complexity index is 516. The molecule has 0 atom stereocenters. The number of anilines is 2. The Labute approximate surface area is 125 Å². The summed E-state index contributed by atoms with van der Waals surface area (Å²) in [5, 5.41) is 14.5. The lowest BCUT2D eigenvalue weighted by Crippen LogP contribution is -2.40. The number of pyridine rings is 1. The minimum absolute atomic E-state index is 0.0924. The normalized spacial score (nSPS) is 17.6. The summed E-state index contributed by atoms with van der Waals surface area (Å²) in [4.78, 5) is 17.5. The van der Waals surface area contributed by atoms with Gasteiger partial charge in [-0.15, -0.1) is 0 Å². The first-order valence-corrected chi connectivity index (χ1v) is 7.57. The molecule has 1 fully saturated rings. The van der Waals surface area contributed by atoms with Gasteiger partial charge in [0, 0.05) is 25.7 Å². The van der Waals surface area contributed by atoms with Crippen molar-refractivity contribution < 1.29 is 4.92 Å². The second kappa shape index (κ2) is 6.28. The molecule has 6 nitrogen and oxygen atoms in total. The Morgan fingerprint density at radius 3 is 2.86 bits per heavy atom. The summed E-state index contributed by atoms with van der Waals surface area (Å²) < 4.78 is 0. The van der Waals surface area contributed by atoms with E-state index in [2.05, 4.69) is 36.0 Å². The van der Waals surface area contributed by atoms with Crippen LogP contribution in [0.1, 0.15) is 40.0 Å². The second-order valence-electron chi connectivity index (χ2n) is 6.41. The van der Waals surface area contributed by atoms with Crippen LogP contribution in [0.4, 0.5) is 17.3 Å². The first-order valence-electron chi connectivity index (χ1n) is 7.57. The average Bonchev–Trinajstić information content (AvgIpc) is 2.43. The van der Waals surface area contributed by atoms with E-state index in [0.29, 0.717) is 11.6 Å². The maximum absolute atomic E-state index is 11.3. The van der Waals surface area contributed by atoms with Gasteiger partial charge in [0.1, 0.15) is 5.82 Å². The predicted molar refractivity (Wildman–Crippen MR) is 84.9 cm³/mol. The number of nitrogens with zero attached hydrogens (tertiary/aromatic N) is 3. The number of hydrogen-bond donors (Lipinski definition) is 1. The number of aromatic nitrogens is 1. The molecule has 1 aliphatic rings. The number of nitro groups is 1. The average molecular weight is 292 g/mol. The molecule has 0 spiro atoms. The van der Waals surface area contributed by atoms with Crippen molar-refractivity contribution in [3.8, 4) is 0 Å². The molecule has 0 amide bonds. The summed E-state index contributed by atoms with van der Waals surface area (Å²) in [6.45, 7) is 8.92. The molecule has 116 valence electrons. The second-order valence-corrected chi connectivity index (χ2v) is 6.41. The zero-order chi connectivity index (χ0) is 15.5. The van der Waals surface area contributed by atoms with Crippen molar-refractivity contribution in [2.75, 3.05) is 29.9 Å². The van der Waals surface area contributed by atoms with Gasteiger partial charge in [-0.1, -0.05) is 20.8 Å². The molecule has 6 heteroatoms. The van der Waals surface area contributed by atoms with Crippen LogP contribution in [-0.2, 0) is 0 Å². The first kappa shape index (κ1) is 15.5. The fourth-order valence-electron chi connectivity index (χ4n) is 2.77. The third kappa shape index (κ3) is 3.83. The van der Waals surface area contributed by atoms with Crippen LogP contribution >= 0.6 is 0 Å². The Hall–Kier alpha value is -1.85. The van der Waals surface area contributed by atoms with E-state index in [1.165, 1.54) is 0 Å². The number of piperidine rings is 1. The molecule has 0 radical (unpaired) electrons. The van der Waals surface area contributed by atoms with Crippen molar-refractivity contribution in [2.24, 2.45) is 5.41 Å². The largest absolute Gasteiger partial charge is 0.370 e. The fraction of sp³-hybridized carbons (Fsp3) is 0.667. The molecule has 1 saturated heterocycles. The summed E-state index contributed by atoms with van der Waals surface area (Å²) in [6, 6.07) is 3.24. The van der Waals surface area contributed by atoms with E-state index < -0.39 is 0 Å². The third-order valence-electron chi connectivity index (χ3n) is 3.81. The van der Waals surface area contributed by atoms with Crippen LogP contribution in [0.2, 0.25) is 0 Å². The highest BCUT2D eigenvalue weighted by Crippen LogP contribution is 2.35. The molecule has 0 aliphatic carbocycles. The van der Waals surface area contributed by atoms with E-state index in [1.807, 2.05) is 0 Å². The van der Waals surface area contributed by atoms with Crippen molar-refractivity contribution in [3.63, 3.8) is 0 Å². The minimum Gasteiger partial charge on any atom is -0.370 e.